The summed E-state index contributed by atoms with van der Waals surface area (Å²) in [7, 11) is 0. The maximum absolute atomic E-state index is 10.8. The first-order valence-electron chi connectivity index (χ1n) is 6.85. The van der Waals surface area contributed by atoms with Crippen LogP contribution in [-0.2, 0) is 9.53 Å². The average Bonchev–Trinajstić information content (AvgIpc) is 2.32. The Hall–Kier alpha value is -0.650. The van der Waals surface area contributed by atoms with E-state index in [1.165, 1.54) is 6.42 Å². The third-order valence-electron chi connectivity index (χ3n) is 4.04. The first-order valence-corrected chi connectivity index (χ1v) is 6.85. The molecule has 1 heterocycles. The minimum atomic E-state index is -0.800. The van der Waals surface area contributed by atoms with Crippen molar-refractivity contribution in [2.24, 2.45) is 0 Å². The molecule has 2 fully saturated rings. The monoisotopic (exact) mass is 257 g/mol. The Labute approximate surface area is 108 Å². The van der Waals surface area contributed by atoms with E-state index in [0.29, 0.717) is 19.8 Å². The van der Waals surface area contributed by atoms with Crippen molar-refractivity contribution in [3.05, 3.63) is 0 Å². The highest BCUT2D eigenvalue weighted by Gasteiger charge is 2.35. The molecule has 0 radical (unpaired) electrons. The number of hydrogen-bond donors (Lipinski definition) is 2. The van der Waals surface area contributed by atoms with Gasteiger partial charge in [-0.25, -0.2) is 0 Å². The molecule has 18 heavy (non-hydrogen) atoms. The van der Waals surface area contributed by atoms with Crippen molar-refractivity contribution in [1.29, 1.82) is 0 Å². The van der Waals surface area contributed by atoms with Gasteiger partial charge in [0.1, 0.15) is 0 Å². The number of morpholine rings is 1. The Morgan fingerprint density at radius 1 is 1.33 bits per heavy atom. The van der Waals surface area contributed by atoms with Crippen molar-refractivity contribution in [3.8, 4) is 0 Å². The maximum atomic E-state index is 10.8. The van der Waals surface area contributed by atoms with E-state index >= 15 is 0 Å². The number of carbonyl (C=O) groups is 1. The van der Waals surface area contributed by atoms with Gasteiger partial charge in [0.05, 0.1) is 25.2 Å². The lowest BCUT2D eigenvalue weighted by molar-refractivity contribution is -0.141. The molecular weight excluding hydrogens is 234 g/mol. The van der Waals surface area contributed by atoms with Gasteiger partial charge >= 0.3 is 5.97 Å². The second-order valence-electron chi connectivity index (χ2n) is 5.58. The number of ether oxygens (including phenoxy) is 1. The summed E-state index contributed by atoms with van der Waals surface area (Å²) in [6.07, 6.45) is 5.11. The summed E-state index contributed by atoms with van der Waals surface area (Å²) in [5, 5.41) is 19.5. The lowest BCUT2D eigenvalue weighted by Crippen LogP contribution is -2.53. The van der Waals surface area contributed by atoms with Crippen LogP contribution in [0.4, 0.5) is 0 Å². The molecule has 2 aliphatic rings. The van der Waals surface area contributed by atoms with Crippen LogP contribution in [0.1, 0.15) is 38.5 Å². The molecule has 0 spiro atoms. The lowest BCUT2D eigenvalue weighted by Gasteiger charge is -2.42. The van der Waals surface area contributed by atoms with Gasteiger partial charge in [0.25, 0.3) is 0 Å². The van der Waals surface area contributed by atoms with E-state index < -0.39 is 11.6 Å². The first kappa shape index (κ1) is 13.8. The van der Waals surface area contributed by atoms with E-state index in [2.05, 4.69) is 4.90 Å². The van der Waals surface area contributed by atoms with Gasteiger partial charge in [-0.1, -0.05) is 19.3 Å². The average molecular weight is 257 g/mol. The molecule has 0 aromatic carbocycles. The predicted molar refractivity (Wildman–Crippen MR) is 66.5 cm³/mol. The molecule has 1 saturated heterocycles. The third kappa shape index (κ3) is 3.67. The van der Waals surface area contributed by atoms with Crippen LogP contribution in [0.5, 0.6) is 0 Å². The molecule has 0 aromatic heterocycles. The Bertz CT molecular complexity index is 289. The highest BCUT2D eigenvalue weighted by Crippen LogP contribution is 2.30. The second-order valence-corrected chi connectivity index (χ2v) is 5.58. The van der Waals surface area contributed by atoms with Crippen LogP contribution in [0.15, 0.2) is 0 Å². The summed E-state index contributed by atoms with van der Waals surface area (Å²) in [6.45, 7) is 2.41. The molecule has 1 saturated carbocycles. The smallest absolute Gasteiger partial charge is 0.305 e. The van der Waals surface area contributed by atoms with Crippen LogP contribution in [0.2, 0.25) is 0 Å². The number of aliphatic carboxylic acids is 1. The van der Waals surface area contributed by atoms with Gasteiger partial charge < -0.3 is 14.9 Å². The van der Waals surface area contributed by atoms with Crippen LogP contribution in [0.3, 0.4) is 0 Å². The van der Waals surface area contributed by atoms with Gasteiger partial charge in [-0.15, -0.1) is 0 Å². The zero-order valence-electron chi connectivity index (χ0n) is 10.8. The molecule has 5 heteroatoms. The molecule has 1 unspecified atom stereocenters. The summed E-state index contributed by atoms with van der Waals surface area (Å²) in [5.74, 6) is -0.800. The fourth-order valence-corrected chi connectivity index (χ4v) is 3.03. The van der Waals surface area contributed by atoms with Gasteiger partial charge in [-0.3, -0.25) is 9.69 Å². The number of nitrogens with zero attached hydrogens (tertiary/aromatic N) is 1. The van der Waals surface area contributed by atoms with Gasteiger partial charge in [0, 0.05) is 19.1 Å². The van der Waals surface area contributed by atoms with Crippen LogP contribution < -0.4 is 0 Å². The van der Waals surface area contributed by atoms with Crippen molar-refractivity contribution >= 4 is 5.97 Å². The number of β-amino-alcohol motifs (C(OH)–C–C–N with tert-alkyl or cyclic N) is 1. The normalized spacial score (nSPS) is 29.1. The van der Waals surface area contributed by atoms with E-state index in [1.807, 2.05) is 0 Å². The van der Waals surface area contributed by atoms with E-state index in [0.717, 1.165) is 32.2 Å². The Kier molecular flexibility index (Phi) is 4.59. The zero-order chi connectivity index (χ0) is 13.0. The fourth-order valence-electron chi connectivity index (χ4n) is 3.03. The van der Waals surface area contributed by atoms with Gasteiger partial charge in [0.15, 0.2) is 0 Å². The maximum Gasteiger partial charge on any atom is 0.305 e. The minimum absolute atomic E-state index is 0.0933. The molecule has 1 aliphatic heterocycles. The van der Waals surface area contributed by atoms with Crippen molar-refractivity contribution in [3.63, 3.8) is 0 Å². The van der Waals surface area contributed by atoms with E-state index in [9.17, 15) is 9.90 Å². The van der Waals surface area contributed by atoms with Gasteiger partial charge in [-0.05, 0) is 12.8 Å². The molecule has 1 atom stereocenters. The summed E-state index contributed by atoms with van der Waals surface area (Å²) < 4.78 is 5.35. The Morgan fingerprint density at radius 2 is 2.06 bits per heavy atom. The first-order chi connectivity index (χ1) is 8.59. The topological polar surface area (TPSA) is 70.0 Å². The summed E-state index contributed by atoms with van der Waals surface area (Å²) in [5.41, 5.74) is -0.619. The molecule has 0 amide bonds. The van der Waals surface area contributed by atoms with Crippen LogP contribution >= 0.6 is 0 Å². The highest BCUT2D eigenvalue weighted by molar-refractivity contribution is 5.67. The molecule has 5 nitrogen and oxygen atoms in total. The summed E-state index contributed by atoms with van der Waals surface area (Å²) >= 11 is 0. The highest BCUT2D eigenvalue weighted by atomic mass is 16.5. The summed E-state index contributed by atoms with van der Waals surface area (Å²) in [4.78, 5) is 12.9. The number of carboxylic acids is 1. The second kappa shape index (κ2) is 5.99. The van der Waals surface area contributed by atoms with Crippen molar-refractivity contribution in [1.82, 2.24) is 4.90 Å². The SMILES string of the molecule is O=C(O)CC1COCCN1CC1(O)CCCCC1. The standard InChI is InChI=1S/C13H23NO4/c15-12(16)8-11-9-18-7-6-14(11)10-13(17)4-2-1-3-5-13/h11,17H,1-10H2,(H,15,16). The number of aliphatic hydroxyl groups is 1. The Balaban J connectivity index is 1.93. The van der Waals surface area contributed by atoms with E-state index in [4.69, 9.17) is 9.84 Å². The van der Waals surface area contributed by atoms with Crippen molar-refractivity contribution < 1.29 is 19.7 Å². The molecular formula is C13H23NO4. The quantitative estimate of drug-likeness (QED) is 0.781. The van der Waals surface area contributed by atoms with Crippen LogP contribution in [0.25, 0.3) is 0 Å². The van der Waals surface area contributed by atoms with Gasteiger partial charge in [0.2, 0.25) is 0 Å². The Morgan fingerprint density at radius 3 is 2.72 bits per heavy atom. The largest absolute Gasteiger partial charge is 0.481 e. The molecule has 0 aromatic rings. The molecule has 2 N–H and O–H groups in total. The van der Waals surface area contributed by atoms with E-state index in [-0.39, 0.29) is 12.5 Å². The summed E-state index contributed by atoms with van der Waals surface area (Å²) in [6, 6.07) is -0.0952. The number of rotatable bonds is 4. The fraction of sp³-hybridized carbons (Fsp3) is 0.923. The third-order valence-corrected chi connectivity index (χ3v) is 4.04. The lowest BCUT2D eigenvalue weighted by atomic mass is 9.84. The molecule has 1 aliphatic carbocycles. The minimum Gasteiger partial charge on any atom is -0.481 e. The number of hydrogen-bond acceptors (Lipinski definition) is 4. The predicted octanol–water partition coefficient (Wildman–Crippen LogP) is 0.857. The molecule has 104 valence electrons. The van der Waals surface area contributed by atoms with Crippen LogP contribution in [-0.4, -0.2) is 59.0 Å². The van der Waals surface area contributed by atoms with Crippen molar-refractivity contribution in [2.45, 2.75) is 50.2 Å². The van der Waals surface area contributed by atoms with Crippen LogP contribution in [0, 0.1) is 0 Å². The zero-order valence-corrected chi connectivity index (χ0v) is 10.8. The number of carboxylic acid groups (broad SMARTS) is 1. The van der Waals surface area contributed by atoms with Gasteiger partial charge in [-0.2, -0.15) is 0 Å². The molecule has 2 rings (SSSR count). The molecule has 0 bridgehead atoms. The van der Waals surface area contributed by atoms with E-state index in [1.54, 1.807) is 0 Å². The van der Waals surface area contributed by atoms with Crippen molar-refractivity contribution in [2.75, 3.05) is 26.3 Å².